The van der Waals surface area contributed by atoms with E-state index in [1.54, 1.807) is 0 Å². The van der Waals surface area contributed by atoms with Crippen LogP contribution in [-0.2, 0) is 0 Å². The maximum atomic E-state index is 10.8. The third-order valence-electron chi connectivity index (χ3n) is 2.19. The summed E-state index contributed by atoms with van der Waals surface area (Å²) in [5.41, 5.74) is 0. The zero-order valence-electron chi connectivity index (χ0n) is 10.1. The number of hydrogen-bond donors (Lipinski definition) is 1. The Morgan fingerprint density at radius 3 is 2.53 bits per heavy atom. The molecular weight excluding hydrogens is 262 g/mol. The number of carboxylic acids is 1. The molecule has 5 nitrogen and oxygen atoms in total. The van der Waals surface area contributed by atoms with Gasteiger partial charge < -0.3 is 14.9 Å². The molecule has 0 aromatic carbocycles. The lowest BCUT2D eigenvalue weighted by Gasteiger charge is -2.17. The van der Waals surface area contributed by atoms with Crippen LogP contribution in [0.1, 0.15) is 16.1 Å². The maximum Gasteiger partial charge on any atom is 0.349 e. The second-order valence-corrected chi connectivity index (χ2v) is 5.34. The van der Waals surface area contributed by atoms with Gasteiger partial charge in [-0.25, -0.2) is 9.78 Å². The van der Waals surface area contributed by atoms with Crippen molar-refractivity contribution < 1.29 is 9.90 Å². The SMILES string of the molecule is CN(C)CCCN(C)c1nc(Cl)c(C(=O)O)s1. The van der Waals surface area contributed by atoms with E-state index >= 15 is 0 Å². The van der Waals surface area contributed by atoms with Gasteiger partial charge in [-0.1, -0.05) is 22.9 Å². The van der Waals surface area contributed by atoms with Crippen LogP contribution < -0.4 is 4.90 Å². The highest BCUT2D eigenvalue weighted by atomic mass is 35.5. The molecule has 0 spiro atoms. The van der Waals surface area contributed by atoms with Gasteiger partial charge in [0.1, 0.15) is 0 Å². The van der Waals surface area contributed by atoms with Crippen molar-refractivity contribution in [3.05, 3.63) is 10.0 Å². The van der Waals surface area contributed by atoms with E-state index in [0.717, 1.165) is 30.8 Å². The zero-order chi connectivity index (χ0) is 13.0. The van der Waals surface area contributed by atoms with Crippen LogP contribution >= 0.6 is 22.9 Å². The summed E-state index contributed by atoms with van der Waals surface area (Å²) in [6.45, 7) is 1.80. The minimum Gasteiger partial charge on any atom is -0.477 e. The quantitative estimate of drug-likeness (QED) is 0.860. The van der Waals surface area contributed by atoms with Gasteiger partial charge in [-0.2, -0.15) is 0 Å². The first-order valence-electron chi connectivity index (χ1n) is 5.17. The molecule has 0 saturated carbocycles. The molecule has 0 aliphatic carbocycles. The molecule has 0 aliphatic heterocycles. The molecule has 7 heteroatoms. The first-order chi connectivity index (χ1) is 7.91. The second-order valence-electron chi connectivity index (χ2n) is 4.00. The number of rotatable bonds is 6. The van der Waals surface area contributed by atoms with E-state index in [-0.39, 0.29) is 10.0 Å². The summed E-state index contributed by atoms with van der Waals surface area (Å²) in [5.74, 6) is -1.03. The molecule has 0 aliphatic rings. The van der Waals surface area contributed by atoms with Gasteiger partial charge in [0.15, 0.2) is 15.2 Å². The Morgan fingerprint density at radius 1 is 1.41 bits per heavy atom. The second kappa shape index (κ2) is 6.18. The number of hydrogen-bond acceptors (Lipinski definition) is 5. The van der Waals surface area contributed by atoms with Gasteiger partial charge in [-0.3, -0.25) is 0 Å². The molecule has 1 N–H and O–H groups in total. The van der Waals surface area contributed by atoms with Gasteiger partial charge in [-0.05, 0) is 27.1 Å². The summed E-state index contributed by atoms with van der Waals surface area (Å²) in [6, 6.07) is 0. The van der Waals surface area contributed by atoms with E-state index in [1.165, 1.54) is 0 Å². The third kappa shape index (κ3) is 4.14. The van der Waals surface area contributed by atoms with Crippen LogP contribution in [0.3, 0.4) is 0 Å². The Labute approximate surface area is 110 Å². The molecule has 96 valence electrons. The predicted molar refractivity (Wildman–Crippen MR) is 70.5 cm³/mol. The Hall–Kier alpha value is -0.850. The van der Waals surface area contributed by atoms with Gasteiger partial charge in [0, 0.05) is 13.6 Å². The molecule has 0 atom stereocenters. The van der Waals surface area contributed by atoms with Crippen LogP contribution in [0.2, 0.25) is 5.15 Å². The van der Waals surface area contributed by atoms with Gasteiger partial charge in [-0.15, -0.1) is 0 Å². The summed E-state index contributed by atoms with van der Waals surface area (Å²) < 4.78 is 0. The van der Waals surface area contributed by atoms with Gasteiger partial charge in [0.2, 0.25) is 0 Å². The first-order valence-corrected chi connectivity index (χ1v) is 6.36. The smallest absolute Gasteiger partial charge is 0.349 e. The lowest BCUT2D eigenvalue weighted by molar-refractivity contribution is 0.0702. The molecule has 17 heavy (non-hydrogen) atoms. The number of nitrogens with zero attached hydrogens (tertiary/aromatic N) is 3. The predicted octanol–water partition coefficient (Wildman–Crippen LogP) is 1.88. The number of aromatic nitrogens is 1. The van der Waals surface area contributed by atoms with Crippen LogP contribution in [0.25, 0.3) is 0 Å². The Bertz CT molecular complexity index is 395. The molecule has 0 fully saturated rings. The fourth-order valence-electron chi connectivity index (χ4n) is 1.31. The van der Waals surface area contributed by atoms with Crippen molar-refractivity contribution in [2.75, 3.05) is 39.1 Å². The van der Waals surface area contributed by atoms with Crippen molar-refractivity contribution in [3.63, 3.8) is 0 Å². The fourth-order valence-corrected chi connectivity index (χ4v) is 2.42. The number of carbonyl (C=O) groups is 1. The monoisotopic (exact) mass is 277 g/mol. The number of aromatic carboxylic acids is 1. The number of halogens is 1. The van der Waals surface area contributed by atoms with Crippen molar-refractivity contribution in [1.82, 2.24) is 9.88 Å². The molecule has 1 heterocycles. The first kappa shape index (κ1) is 14.2. The fraction of sp³-hybridized carbons (Fsp3) is 0.600. The molecule has 1 rings (SSSR count). The molecule has 0 saturated heterocycles. The van der Waals surface area contributed by atoms with Crippen molar-refractivity contribution in [1.29, 1.82) is 0 Å². The Balaban J connectivity index is 2.60. The van der Waals surface area contributed by atoms with Gasteiger partial charge in [0.05, 0.1) is 0 Å². The largest absolute Gasteiger partial charge is 0.477 e. The molecule has 0 radical (unpaired) electrons. The van der Waals surface area contributed by atoms with Crippen LogP contribution in [0.4, 0.5) is 5.13 Å². The zero-order valence-corrected chi connectivity index (χ0v) is 11.7. The summed E-state index contributed by atoms with van der Waals surface area (Å²) in [4.78, 5) is 19.0. The molecule has 1 aromatic heterocycles. The highest BCUT2D eigenvalue weighted by Gasteiger charge is 2.17. The standard InChI is InChI=1S/C10H16ClN3O2S/c1-13(2)5-4-6-14(3)10-12-8(11)7(17-10)9(15)16/h4-6H2,1-3H3,(H,15,16). The maximum absolute atomic E-state index is 10.8. The van der Waals surface area contributed by atoms with E-state index in [1.807, 2.05) is 26.0 Å². The Morgan fingerprint density at radius 2 is 2.06 bits per heavy atom. The minimum atomic E-state index is -1.03. The topological polar surface area (TPSA) is 56.7 Å². The van der Waals surface area contributed by atoms with Crippen molar-refractivity contribution in [2.45, 2.75) is 6.42 Å². The Kier molecular flexibility index (Phi) is 5.17. The van der Waals surface area contributed by atoms with E-state index in [2.05, 4.69) is 9.88 Å². The summed E-state index contributed by atoms with van der Waals surface area (Å²) in [5, 5.41) is 9.58. The normalized spacial score (nSPS) is 10.9. The third-order valence-corrected chi connectivity index (χ3v) is 3.74. The molecular formula is C10H16ClN3O2S. The number of carboxylic acid groups (broad SMARTS) is 1. The number of thiazole rings is 1. The van der Waals surface area contributed by atoms with Gasteiger partial charge in [0.25, 0.3) is 0 Å². The summed E-state index contributed by atoms with van der Waals surface area (Å²) >= 11 is 6.86. The molecule has 0 amide bonds. The molecule has 0 bridgehead atoms. The minimum absolute atomic E-state index is 0.0666. The van der Waals surface area contributed by atoms with Crippen molar-refractivity contribution in [3.8, 4) is 0 Å². The van der Waals surface area contributed by atoms with Crippen LogP contribution in [0, 0.1) is 0 Å². The molecule has 0 unspecified atom stereocenters. The van der Waals surface area contributed by atoms with Crippen molar-refractivity contribution in [2.24, 2.45) is 0 Å². The number of anilines is 1. The van der Waals surface area contributed by atoms with E-state index in [4.69, 9.17) is 16.7 Å². The van der Waals surface area contributed by atoms with Gasteiger partial charge >= 0.3 is 5.97 Å². The average Bonchev–Trinajstić information content (AvgIpc) is 2.59. The lowest BCUT2D eigenvalue weighted by atomic mass is 10.4. The van der Waals surface area contributed by atoms with E-state index < -0.39 is 5.97 Å². The molecule has 1 aromatic rings. The average molecular weight is 278 g/mol. The summed E-state index contributed by atoms with van der Waals surface area (Å²) in [6.07, 6.45) is 0.989. The van der Waals surface area contributed by atoms with Crippen molar-refractivity contribution >= 4 is 34.0 Å². The lowest BCUT2D eigenvalue weighted by Crippen LogP contribution is -2.23. The van der Waals surface area contributed by atoms with E-state index in [0.29, 0.717) is 5.13 Å². The highest BCUT2D eigenvalue weighted by molar-refractivity contribution is 7.18. The van der Waals surface area contributed by atoms with E-state index in [9.17, 15) is 4.79 Å². The van der Waals surface area contributed by atoms with Crippen LogP contribution in [0.15, 0.2) is 0 Å². The summed E-state index contributed by atoms with van der Waals surface area (Å²) in [7, 11) is 5.92. The highest BCUT2D eigenvalue weighted by Crippen LogP contribution is 2.28. The van der Waals surface area contributed by atoms with Crippen LogP contribution in [-0.4, -0.2) is 55.2 Å². The van der Waals surface area contributed by atoms with Crippen LogP contribution in [0.5, 0.6) is 0 Å².